The number of thioether (sulfide) groups is 1. The first-order valence-corrected chi connectivity index (χ1v) is 10.8. The van der Waals surface area contributed by atoms with Gasteiger partial charge in [0.2, 0.25) is 0 Å². The highest BCUT2D eigenvalue weighted by molar-refractivity contribution is 8.03. The molecule has 3 rings (SSSR count). The smallest absolute Gasteiger partial charge is 0.327 e. The predicted molar refractivity (Wildman–Crippen MR) is 118 cm³/mol. The second-order valence-corrected chi connectivity index (χ2v) is 11.2. The van der Waals surface area contributed by atoms with Crippen LogP contribution in [0.4, 0.5) is 11.4 Å². The lowest BCUT2D eigenvalue weighted by Gasteiger charge is -2.55. The van der Waals surface area contributed by atoms with E-state index in [0.717, 1.165) is 17.6 Å². The number of carbonyl (C=O) groups excluding carboxylic acids is 1. The van der Waals surface area contributed by atoms with Gasteiger partial charge in [0, 0.05) is 21.2 Å². The summed E-state index contributed by atoms with van der Waals surface area (Å²) in [6.45, 7) is 8.25. The van der Waals surface area contributed by atoms with Crippen LogP contribution in [-0.2, 0) is 9.53 Å². The van der Waals surface area contributed by atoms with Crippen molar-refractivity contribution in [1.82, 2.24) is 0 Å². The number of carbonyl (C=O) groups is 1. The maximum absolute atomic E-state index is 12.8. The van der Waals surface area contributed by atoms with E-state index in [1.807, 2.05) is 30.3 Å². The molecule has 0 aliphatic carbocycles. The Labute approximate surface area is 179 Å². The number of ether oxygens (including phenoxy) is 1. The van der Waals surface area contributed by atoms with Gasteiger partial charge in [-0.3, -0.25) is 14.9 Å². The summed E-state index contributed by atoms with van der Waals surface area (Å²) in [5.74, 6) is -0.355. The van der Waals surface area contributed by atoms with Gasteiger partial charge in [-0.1, -0.05) is 30.3 Å². The lowest BCUT2D eigenvalue weighted by atomic mass is 9.92. The molecule has 2 aromatic carbocycles. The molecule has 0 unspecified atom stereocenters. The standard InChI is InChI=1S/C21H24N2O4S2/c1-20(2)19(21(3,4)29-20)27-18(24)14-22(15-10-6-5-7-11-15)28-17-13-9-8-12-16(17)23(25)26/h5-13,19H,14H2,1-4H3. The molecule has 2 aromatic rings. The minimum Gasteiger partial charge on any atom is -0.458 e. The van der Waals surface area contributed by atoms with Crippen molar-refractivity contribution in [3.05, 3.63) is 64.7 Å². The minimum absolute atomic E-state index is 0.00413. The van der Waals surface area contributed by atoms with E-state index in [-0.39, 0.29) is 33.8 Å². The molecular weight excluding hydrogens is 408 g/mol. The van der Waals surface area contributed by atoms with Crippen molar-refractivity contribution >= 4 is 41.1 Å². The third-order valence-electron chi connectivity index (χ3n) is 4.63. The van der Waals surface area contributed by atoms with E-state index in [1.165, 1.54) is 6.07 Å². The molecule has 0 N–H and O–H groups in total. The fourth-order valence-electron chi connectivity index (χ4n) is 3.71. The predicted octanol–water partition coefficient (Wildman–Crippen LogP) is 5.32. The van der Waals surface area contributed by atoms with Gasteiger partial charge in [0.15, 0.2) is 0 Å². The van der Waals surface area contributed by atoms with Crippen molar-refractivity contribution < 1.29 is 14.5 Å². The molecule has 0 bridgehead atoms. The van der Waals surface area contributed by atoms with Crippen LogP contribution in [0.5, 0.6) is 0 Å². The van der Waals surface area contributed by atoms with Crippen LogP contribution in [0.1, 0.15) is 27.7 Å². The lowest BCUT2D eigenvalue weighted by Crippen LogP contribution is -2.61. The van der Waals surface area contributed by atoms with Crippen LogP contribution in [0.15, 0.2) is 59.5 Å². The van der Waals surface area contributed by atoms with E-state index in [9.17, 15) is 14.9 Å². The van der Waals surface area contributed by atoms with Gasteiger partial charge in [-0.15, -0.1) is 11.8 Å². The van der Waals surface area contributed by atoms with Crippen LogP contribution >= 0.6 is 23.7 Å². The third kappa shape index (κ3) is 4.87. The molecular formula is C21H24N2O4S2. The summed E-state index contributed by atoms with van der Waals surface area (Å²) in [6.07, 6.45) is -0.193. The molecule has 0 atom stereocenters. The number of nitrogens with zero attached hydrogens (tertiary/aromatic N) is 2. The highest BCUT2D eigenvalue weighted by atomic mass is 32.2. The summed E-state index contributed by atoms with van der Waals surface area (Å²) < 4.78 is 7.29. The lowest BCUT2D eigenvalue weighted by molar-refractivity contribution is -0.387. The Kier molecular flexibility index (Phi) is 6.14. The number of hydrogen-bond donors (Lipinski definition) is 0. The van der Waals surface area contributed by atoms with Gasteiger partial charge in [-0.05, 0) is 57.8 Å². The van der Waals surface area contributed by atoms with E-state index in [2.05, 4.69) is 27.7 Å². The van der Waals surface area contributed by atoms with Crippen molar-refractivity contribution in [3.8, 4) is 0 Å². The fraction of sp³-hybridized carbons (Fsp3) is 0.381. The Bertz CT molecular complexity index is 889. The zero-order valence-corrected chi connectivity index (χ0v) is 18.5. The Hall–Kier alpha value is -2.19. The Balaban J connectivity index is 1.80. The van der Waals surface area contributed by atoms with Crippen molar-refractivity contribution in [3.63, 3.8) is 0 Å². The summed E-state index contributed by atoms with van der Waals surface area (Å²) in [4.78, 5) is 24.2. The van der Waals surface area contributed by atoms with Gasteiger partial charge < -0.3 is 9.04 Å². The van der Waals surface area contributed by atoms with Crippen LogP contribution in [-0.4, -0.2) is 33.0 Å². The van der Waals surface area contributed by atoms with Gasteiger partial charge in [-0.25, -0.2) is 0 Å². The Morgan fingerprint density at radius 1 is 1.10 bits per heavy atom. The van der Waals surface area contributed by atoms with E-state index in [1.54, 1.807) is 34.3 Å². The Morgan fingerprint density at radius 2 is 1.69 bits per heavy atom. The molecule has 29 heavy (non-hydrogen) atoms. The first-order valence-electron chi connectivity index (χ1n) is 9.24. The average molecular weight is 433 g/mol. The molecule has 1 aliphatic rings. The second-order valence-electron chi connectivity index (χ2n) is 7.87. The fourth-order valence-corrected chi connectivity index (χ4v) is 6.79. The molecule has 1 fully saturated rings. The summed E-state index contributed by atoms with van der Waals surface area (Å²) in [5.41, 5.74) is 0.776. The number of rotatable bonds is 7. The van der Waals surface area contributed by atoms with Gasteiger partial charge in [0.1, 0.15) is 17.5 Å². The molecule has 0 radical (unpaired) electrons. The highest BCUT2D eigenvalue weighted by Crippen LogP contribution is 2.56. The summed E-state index contributed by atoms with van der Waals surface area (Å²) in [6, 6.07) is 15.8. The minimum atomic E-state index is -0.416. The van der Waals surface area contributed by atoms with E-state index >= 15 is 0 Å². The van der Waals surface area contributed by atoms with E-state index < -0.39 is 4.92 Å². The molecule has 1 aliphatic heterocycles. The van der Waals surface area contributed by atoms with Crippen LogP contribution in [0, 0.1) is 10.1 Å². The third-order valence-corrected chi connectivity index (χ3v) is 7.21. The number of anilines is 1. The zero-order chi connectivity index (χ0) is 21.2. The molecule has 1 saturated heterocycles. The van der Waals surface area contributed by atoms with Crippen molar-refractivity contribution in [2.75, 3.05) is 10.8 Å². The number of hydrogen-bond acceptors (Lipinski definition) is 7. The molecule has 1 heterocycles. The maximum Gasteiger partial charge on any atom is 0.327 e. The molecule has 6 nitrogen and oxygen atoms in total. The van der Waals surface area contributed by atoms with Gasteiger partial charge in [-0.2, -0.15) is 0 Å². The monoisotopic (exact) mass is 432 g/mol. The van der Waals surface area contributed by atoms with Crippen LogP contribution in [0.2, 0.25) is 0 Å². The number of nitro benzene ring substituents is 1. The molecule has 154 valence electrons. The summed E-state index contributed by atoms with van der Waals surface area (Å²) in [5, 5.41) is 11.4. The normalized spacial score (nSPS) is 17.2. The number of benzene rings is 2. The molecule has 0 saturated carbocycles. The molecule has 0 aromatic heterocycles. The average Bonchev–Trinajstić information content (AvgIpc) is 2.65. The van der Waals surface area contributed by atoms with Gasteiger partial charge in [0.25, 0.3) is 5.69 Å². The largest absolute Gasteiger partial charge is 0.458 e. The van der Waals surface area contributed by atoms with Crippen molar-refractivity contribution in [1.29, 1.82) is 0 Å². The van der Waals surface area contributed by atoms with E-state index in [0.29, 0.717) is 4.90 Å². The number of nitro groups is 1. The van der Waals surface area contributed by atoms with Crippen molar-refractivity contribution in [2.45, 2.75) is 48.2 Å². The topological polar surface area (TPSA) is 72.7 Å². The first-order chi connectivity index (χ1) is 13.6. The molecule has 0 spiro atoms. The quantitative estimate of drug-likeness (QED) is 0.254. The van der Waals surface area contributed by atoms with Crippen LogP contribution < -0.4 is 4.31 Å². The van der Waals surface area contributed by atoms with Crippen LogP contribution in [0.3, 0.4) is 0 Å². The van der Waals surface area contributed by atoms with E-state index in [4.69, 9.17) is 4.74 Å². The molecule has 8 heteroatoms. The van der Waals surface area contributed by atoms with Gasteiger partial charge in [0.05, 0.1) is 4.92 Å². The Morgan fingerprint density at radius 3 is 2.28 bits per heavy atom. The summed E-state index contributed by atoms with van der Waals surface area (Å²) >= 11 is 2.95. The second kappa shape index (κ2) is 8.28. The van der Waals surface area contributed by atoms with Gasteiger partial charge >= 0.3 is 5.97 Å². The zero-order valence-electron chi connectivity index (χ0n) is 16.8. The van der Waals surface area contributed by atoms with Crippen molar-refractivity contribution in [2.24, 2.45) is 0 Å². The van der Waals surface area contributed by atoms with Crippen LogP contribution in [0.25, 0.3) is 0 Å². The number of esters is 1. The molecule has 0 amide bonds. The first kappa shape index (κ1) is 21.5. The number of para-hydroxylation sites is 2. The SMILES string of the molecule is CC1(C)SC(C)(C)C1OC(=O)CN(Sc1ccccc1[N+](=O)[O-])c1ccccc1. The maximum atomic E-state index is 12.8. The summed E-state index contributed by atoms with van der Waals surface area (Å²) in [7, 11) is 0. The highest BCUT2D eigenvalue weighted by Gasteiger charge is 2.56.